The summed E-state index contributed by atoms with van der Waals surface area (Å²) in [5.74, 6) is 0.890. The fourth-order valence-electron chi connectivity index (χ4n) is 3.17. The molecule has 26 heavy (non-hydrogen) atoms. The number of ketones is 1. The SMILES string of the molecule is [CH2]C1=C(CCc2ccc3c(c2)OCO3)C=C(c2ccncc2)C(F)C1=O. The zero-order chi connectivity index (χ0) is 18.1. The minimum absolute atomic E-state index is 0.234. The lowest BCUT2D eigenvalue weighted by Gasteiger charge is -2.21. The molecule has 1 aromatic heterocycles. The first-order chi connectivity index (χ1) is 12.6. The number of pyridine rings is 1. The maximum Gasteiger partial charge on any atom is 0.231 e. The van der Waals surface area contributed by atoms with Crippen molar-refractivity contribution in [1.29, 1.82) is 0 Å². The third-order valence-corrected chi connectivity index (χ3v) is 4.65. The van der Waals surface area contributed by atoms with Crippen LogP contribution in [-0.4, -0.2) is 23.7 Å². The van der Waals surface area contributed by atoms with E-state index < -0.39 is 12.0 Å². The Balaban J connectivity index is 1.58. The van der Waals surface area contributed by atoms with E-state index in [2.05, 4.69) is 11.9 Å². The molecule has 4 rings (SSSR count). The molecule has 0 saturated carbocycles. The number of halogens is 1. The highest BCUT2D eigenvalue weighted by Crippen LogP contribution is 2.35. The molecule has 0 spiro atoms. The molecule has 1 aromatic carbocycles. The predicted octanol–water partition coefficient (Wildman–Crippen LogP) is 3.88. The molecule has 1 unspecified atom stereocenters. The number of rotatable bonds is 4. The standard InChI is InChI=1S/C21H17FNO3/c1-13-16(4-2-14-3-5-18-19(10-14)26-12-25-18)11-17(20(22)21(13)24)15-6-8-23-9-7-15/h3,5-11,20H,1-2,4,12H2. The number of aryl methyl sites for hydroxylation is 1. The van der Waals surface area contributed by atoms with E-state index in [4.69, 9.17) is 9.47 Å². The number of benzene rings is 1. The molecule has 4 nitrogen and oxygen atoms in total. The topological polar surface area (TPSA) is 48.4 Å². The summed E-state index contributed by atoms with van der Waals surface area (Å²) in [7, 11) is 0. The maximum atomic E-state index is 14.5. The molecule has 2 aliphatic rings. The van der Waals surface area contributed by atoms with Gasteiger partial charge in [-0.25, -0.2) is 4.39 Å². The fourth-order valence-corrected chi connectivity index (χ4v) is 3.17. The molecule has 0 saturated heterocycles. The average molecular weight is 350 g/mol. The van der Waals surface area contributed by atoms with Gasteiger partial charge in [0.05, 0.1) is 0 Å². The van der Waals surface area contributed by atoms with Gasteiger partial charge in [0.1, 0.15) is 0 Å². The molecule has 0 bridgehead atoms. The lowest BCUT2D eigenvalue weighted by atomic mass is 9.85. The van der Waals surface area contributed by atoms with Crippen LogP contribution in [0.1, 0.15) is 17.5 Å². The van der Waals surface area contributed by atoms with Gasteiger partial charge in [-0.1, -0.05) is 12.1 Å². The van der Waals surface area contributed by atoms with Crippen LogP contribution in [-0.2, 0) is 11.2 Å². The second kappa shape index (κ2) is 6.75. The number of alkyl halides is 1. The van der Waals surface area contributed by atoms with Crippen LogP contribution in [0.2, 0.25) is 0 Å². The Morgan fingerprint density at radius 2 is 1.88 bits per heavy atom. The summed E-state index contributed by atoms with van der Waals surface area (Å²) < 4.78 is 25.2. The van der Waals surface area contributed by atoms with Crippen molar-refractivity contribution in [2.75, 3.05) is 6.79 Å². The van der Waals surface area contributed by atoms with E-state index in [1.807, 2.05) is 18.2 Å². The van der Waals surface area contributed by atoms with E-state index in [9.17, 15) is 9.18 Å². The number of Topliss-reactive ketones (excluding diaryl/α,β-unsaturated/α-hetero) is 1. The van der Waals surface area contributed by atoms with Gasteiger partial charge in [0.15, 0.2) is 23.5 Å². The van der Waals surface area contributed by atoms with Crippen molar-refractivity contribution in [3.63, 3.8) is 0 Å². The molecular formula is C21H17FNO3. The van der Waals surface area contributed by atoms with Gasteiger partial charge in [-0.2, -0.15) is 0 Å². The number of hydrogen-bond donors (Lipinski definition) is 0. The van der Waals surface area contributed by atoms with Crippen LogP contribution < -0.4 is 9.47 Å². The zero-order valence-corrected chi connectivity index (χ0v) is 14.1. The van der Waals surface area contributed by atoms with Crippen LogP contribution in [0, 0.1) is 6.92 Å². The Bertz CT molecular complexity index is 918. The normalized spacial score (nSPS) is 18.9. The van der Waals surface area contributed by atoms with Gasteiger partial charge in [-0.3, -0.25) is 9.78 Å². The molecule has 1 aliphatic heterocycles. The summed E-state index contributed by atoms with van der Waals surface area (Å²) in [6.45, 7) is 4.03. The maximum absolute atomic E-state index is 14.5. The second-order valence-corrected chi connectivity index (χ2v) is 6.25. The van der Waals surface area contributed by atoms with E-state index in [-0.39, 0.29) is 12.4 Å². The third-order valence-electron chi connectivity index (χ3n) is 4.65. The number of carbonyl (C=O) groups excluding carboxylic acids is 1. The summed E-state index contributed by atoms with van der Waals surface area (Å²) in [5.41, 5.74) is 3.09. The fraction of sp³-hybridized carbons (Fsp3) is 0.190. The average Bonchev–Trinajstić information content (AvgIpc) is 3.14. The number of hydrogen-bond acceptors (Lipinski definition) is 4. The van der Waals surface area contributed by atoms with Gasteiger partial charge in [0, 0.05) is 23.5 Å². The first kappa shape index (κ1) is 16.5. The van der Waals surface area contributed by atoms with Crippen molar-refractivity contribution >= 4 is 11.4 Å². The Morgan fingerprint density at radius 1 is 1.12 bits per heavy atom. The number of fused-ring (bicyclic) bond motifs is 1. The van der Waals surface area contributed by atoms with E-state index in [0.29, 0.717) is 24.0 Å². The van der Waals surface area contributed by atoms with Crippen molar-refractivity contribution in [1.82, 2.24) is 4.98 Å². The number of nitrogens with zero attached hydrogens (tertiary/aromatic N) is 1. The molecule has 131 valence electrons. The molecule has 1 aliphatic carbocycles. The Hall–Kier alpha value is -2.95. The van der Waals surface area contributed by atoms with Crippen LogP contribution in [0.5, 0.6) is 11.5 Å². The van der Waals surface area contributed by atoms with E-state index in [1.165, 1.54) is 0 Å². The molecule has 2 aromatic rings. The number of carbonyl (C=O) groups is 1. The van der Waals surface area contributed by atoms with Gasteiger partial charge in [0.2, 0.25) is 6.79 Å². The Labute approximate surface area is 151 Å². The highest BCUT2D eigenvalue weighted by molar-refractivity contribution is 6.10. The Kier molecular flexibility index (Phi) is 4.29. The summed E-state index contributed by atoms with van der Waals surface area (Å²) >= 11 is 0. The van der Waals surface area contributed by atoms with E-state index >= 15 is 0 Å². The quantitative estimate of drug-likeness (QED) is 0.840. The molecule has 0 amide bonds. The molecule has 5 heteroatoms. The second-order valence-electron chi connectivity index (χ2n) is 6.25. The summed E-state index contributed by atoms with van der Waals surface area (Å²) in [6, 6.07) is 9.18. The highest BCUT2D eigenvalue weighted by atomic mass is 19.1. The van der Waals surface area contributed by atoms with Crippen molar-refractivity contribution in [2.24, 2.45) is 0 Å². The minimum atomic E-state index is -1.68. The monoisotopic (exact) mass is 350 g/mol. The summed E-state index contributed by atoms with van der Waals surface area (Å²) in [6.07, 6.45) is 4.52. The van der Waals surface area contributed by atoms with Crippen LogP contribution in [0.15, 0.2) is 59.9 Å². The van der Waals surface area contributed by atoms with E-state index in [0.717, 1.165) is 22.6 Å². The van der Waals surface area contributed by atoms with Crippen molar-refractivity contribution in [2.45, 2.75) is 19.0 Å². The van der Waals surface area contributed by atoms with Crippen molar-refractivity contribution in [3.8, 4) is 11.5 Å². The van der Waals surface area contributed by atoms with Crippen LogP contribution in [0.4, 0.5) is 4.39 Å². The highest BCUT2D eigenvalue weighted by Gasteiger charge is 2.30. The minimum Gasteiger partial charge on any atom is -0.454 e. The summed E-state index contributed by atoms with van der Waals surface area (Å²) in [4.78, 5) is 16.2. The van der Waals surface area contributed by atoms with E-state index in [1.54, 1.807) is 30.6 Å². The molecule has 0 fully saturated rings. The van der Waals surface area contributed by atoms with Crippen LogP contribution in [0.3, 0.4) is 0 Å². The molecule has 2 heterocycles. The molecule has 1 atom stereocenters. The van der Waals surface area contributed by atoms with Crippen molar-refractivity contribution in [3.05, 3.63) is 78.0 Å². The van der Waals surface area contributed by atoms with Gasteiger partial charge >= 0.3 is 0 Å². The van der Waals surface area contributed by atoms with Gasteiger partial charge in [-0.15, -0.1) is 0 Å². The van der Waals surface area contributed by atoms with Gasteiger partial charge < -0.3 is 9.47 Å². The Morgan fingerprint density at radius 3 is 2.69 bits per heavy atom. The first-order valence-corrected chi connectivity index (χ1v) is 8.37. The first-order valence-electron chi connectivity index (χ1n) is 8.37. The molecule has 1 radical (unpaired) electrons. The number of ether oxygens (including phenoxy) is 2. The van der Waals surface area contributed by atoms with Crippen LogP contribution in [0.25, 0.3) is 5.57 Å². The predicted molar refractivity (Wildman–Crippen MR) is 95.4 cm³/mol. The summed E-state index contributed by atoms with van der Waals surface area (Å²) in [5, 5.41) is 0. The lowest BCUT2D eigenvalue weighted by molar-refractivity contribution is -0.118. The molecule has 0 N–H and O–H groups in total. The third kappa shape index (κ3) is 3.01. The van der Waals surface area contributed by atoms with Crippen LogP contribution >= 0.6 is 0 Å². The zero-order valence-electron chi connectivity index (χ0n) is 14.1. The molecular weight excluding hydrogens is 333 g/mol. The lowest BCUT2D eigenvalue weighted by Crippen LogP contribution is -2.23. The largest absolute Gasteiger partial charge is 0.454 e. The van der Waals surface area contributed by atoms with Crippen molar-refractivity contribution < 1.29 is 18.7 Å². The number of allylic oxidation sites excluding steroid dienone is 4. The smallest absolute Gasteiger partial charge is 0.231 e. The van der Waals surface area contributed by atoms with Gasteiger partial charge in [0.25, 0.3) is 0 Å². The number of aromatic nitrogens is 1. The van der Waals surface area contributed by atoms with Gasteiger partial charge in [-0.05, 0) is 60.7 Å².